The van der Waals surface area contributed by atoms with Crippen molar-refractivity contribution < 1.29 is 4.79 Å². The van der Waals surface area contributed by atoms with E-state index < -0.39 is 0 Å². The zero-order valence-electron chi connectivity index (χ0n) is 11.7. The molecule has 3 nitrogen and oxygen atoms in total. The van der Waals surface area contributed by atoms with Gasteiger partial charge < -0.3 is 10.2 Å². The summed E-state index contributed by atoms with van der Waals surface area (Å²) in [5.41, 5.74) is 0. The summed E-state index contributed by atoms with van der Waals surface area (Å²) in [6.07, 6.45) is 5.51. The fourth-order valence-corrected chi connectivity index (χ4v) is 2.79. The summed E-state index contributed by atoms with van der Waals surface area (Å²) in [5, 5.41) is 3.48. The summed E-state index contributed by atoms with van der Waals surface area (Å²) in [5.74, 6) is 0.971. The minimum Gasteiger partial charge on any atom is -0.341 e. The van der Waals surface area contributed by atoms with Gasteiger partial charge in [-0.15, -0.1) is 0 Å². The Bertz CT molecular complexity index is 224. The first-order valence-corrected chi connectivity index (χ1v) is 7.22. The van der Waals surface area contributed by atoms with Gasteiger partial charge in [0.2, 0.25) is 5.91 Å². The van der Waals surface area contributed by atoms with Crippen LogP contribution in [0.3, 0.4) is 0 Å². The summed E-state index contributed by atoms with van der Waals surface area (Å²) in [7, 11) is 0. The second kappa shape index (κ2) is 7.70. The lowest BCUT2D eigenvalue weighted by Crippen LogP contribution is -2.41. The summed E-state index contributed by atoms with van der Waals surface area (Å²) in [4.78, 5) is 14.0. The molecule has 1 fully saturated rings. The summed E-state index contributed by atoms with van der Waals surface area (Å²) in [6, 6.07) is 0.481. The third kappa shape index (κ3) is 4.66. The van der Waals surface area contributed by atoms with Gasteiger partial charge in [-0.3, -0.25) is 4.79 Å². The van der Waals surface area contributed by atoms with Gasteiger partial charge in [-0.25, -0.2) is 0 Å². The highest BCUT2D eigenvalue weighted by atomic mass is 16.2. The van der Waals surface area contributed by atoms with E-state index in [4.69, 9.17) is 0 Å². The highest BCUT2D eigenvalue weighted by molar-refractivity contribution is 5.78. The van der Waals surface area contributed by atoms with Crippen LogP contribution in [0.1, 0.15) is 52.9 Å². The number of hydrogen-bond acceptors (Lipinski definition) is 2. The molecule has 0 spiro atoms. The van der Waals surface area contributed by atoms with Crippen LogP contribution in [0.15, 0.2) is 0 Å². The van der Waals surface area contributed by atoms with Crippen LogP contribution >= 0.6 is 0 Å². The Morgan fingerprint density at radius 2 is 2.12 bits per heavy atom. The number of hydrogen-bond donors (Lipinski definition) is 1. The molecular weight excluding hydrogens is 212 g/mol. The molecular formula is C14H28N2O. The van der Waals surface area contributed by atoms with Gasteiger partial charge >= 0.3 is 0 Å². The molecule has 0 radical (unpaired) electrons. The molecule has 0 aromatic rings. The van der Waals surface area contributed by atoms with E-state index in [0.29, 0.717) is 17.9 Å². The lowest BCUT2D eigenvalue weighted by Gasteiger charge is -2.24. The molecule has 0 saturated carbocycles. The summed E-state index contributed by atoms with van der Waals surface area (Å²) >= 11 is 0. The highest BCUT2D eigenvalue weighted by Crippen LogP contribution is 2.22. The third-order valence-electron chi connectivity index (χ3n) is 3.56. The van der Waals surface area contributed by atoms with Crippen molar-refractivity contribution in [2.45, 2.75) is 58.9 Å². The van der Waals surface area contributed by atoms with Crippen molar-refractivity contribution in [2.75, 3.05) is 19.6 Å². The Hall–Kier alpha value is -0.570. The SMILES string of the molecule is CCCC1CC(=O)N(CC(CCC)NCC)C1. The molecule has 3 heteroatoms. The van der Waals surface area contributed by atoms with Crippen LogP contribution < -0.4 is 5.32 Å². The Morgan fingerprint density at radius 3 is 2.71 bits per heavy atom. The zero-order valence-corrected chi connectivity index (χ0v) is 11.7. The maximum Gasteiger partial charge on any atom is 0.222 e. The van der Waals surface area contributed by atoms with E-state index >= 15 is 0 Å². The quantitative estimate of drug-likeness (QED) is 0.706. The van der Waals surface area contributed by atoms with Crippen molar-refractivity contribution in [3.63, 3.8) is 0 Å². The van der Waals surface area contributed by atoms with Crippen LogP contribution in [0, 0.1) is 5.92 Å². The smallest absolute Gasteiger partial charge is 0.222 e. The third-order valence-corrected chi connectivity index (χ3v) is 3.56. The number of nitrogens with zero attached hydrogens (tertiary/aromatic N) is 1. The molecule has 1 aliphatic heterocycles. The fraction of sp³-hybridized carbons (Fsp3) is 0.929. The first kappa shape index (κ1) is 14.5. The van der Waals surface area contributed by atoms with Crippen molar-refractivity contribution in [3.05, 3.63) is 0 Å². The molecule has 1 saturated heterocycles. The van der Waals surface area contributed by atoms with Crippen LogP contribution in [0.2, 0.25) is 0 Å². The molecule has 1 N–H and O–H groups in total. The molecule has 0 aromatic carbocycles. The lowest BCUT2D eigenvalue weighted by molar-refractivity contribution is -0.128. The molecule has 1 amide bonds. The van der Waals surface area contributed by atoms with Crippen LogP contribution in [-0.2, 0) is 4.79 Å². The standard InChI is InChI=1S/C14H28N2O/c1-4-7-12-9-14(17)16(10-12)11-13(8-5-2)15-6-3/h12-13,15H,4-11H2,1-3H3. The van der Waals surface area contributed by atoms with E-state index in [1.165, 1.54) is 19.3 Å². The normalized spacial score (nSPS) is 22.2. The number of nitrogens with one attached hydrogen (secondary N) is 1. The van der Waals surface area contributed by atoms with Crippen molar-refractivity contribution >= 4 is 5.91 Å². The van der Waals surface area contributed by atoms with Crippen molar-refractivity contribution in [3.8, 4) is 0 Å². The Balaban J connectivity index is 2.41. The lowest BCUT2D eigenvalue weighted by atomic mass is 10.0. The average molecular weight is 240 g/mol. The minimum absolute atomic E-state index is 0.363. The van der Waals surface area contributed by atoms with E-state index in [2.05, 4.69) is 31.0 Å². The molecule has 17 heavy (non-hydrogen) atoms. The van der Waals surface area contributed by atoms with Gasteiger partial charge in [0, 0.05) is 25.6 Å². The number of rotatable bonds is 8. The van der Waals surface area contributed by atoms with E-state index in [-0.39, 0.29) is 0 Å². The first-order chi connectivity index (χ1) is 8.21. The minimum atomic E-state index is 0.363. The van der Waals surface area contributed by atoms with E-state index in [1.807, 2.05) is 0 Å². The van der Waals surface area contributed by atoms with Gasteiger partial charge in [0.15, 0.2) is 0 Å². The van der Waals surface area contributed by atoms with Gasteiger partial charge in [0.05, 0.1) is 0 Å². The van der Waals surface area contributed by atoms with E-state index in [1.54, 1.807) is 0 Å². The largest absolute Gasteiger partial charge is 0.341 e. The van der Waals surface area contributed by atoms with Gasteiger partial charge in [-0.1, -0.05) is 33.6 Å². The van der Waals surface area contributed by atoms with Crippen molar-refractivity contribution in [2.24, 2.45) is 5.92 Å². The maximum atomic E-state index is 11.9. The van der Waals surface area contributed by atoms with E-state index in [9.17, 15) is 4.79 Å². The molecule has 0 aliphatic carbocycles. The highest BCUT2D eigenvalue weighted by Gasteiger charge is 2.29. The van der Waals surface area contributed by atoms with Gasteiger partial charge in [0.25, 0.3) is 0 Å². The Kier molecular flexibility index (Phi) is 6.56. The molecule has 1 aliphatic rings. The number of carbonyl (C=O) groups excluding carboxylic acids is 1. The second-order valence-corrected chi connectivity index (χ2v) is 5.20. The first-order valence-electron chi connectivity index (χ1n) is 7.22. The number of likely N-dealkylation sites (tertiary alicyclic amines) is 1. The number of amides is 1. The maximum absolute atomic E-state index is 11.9. The predicted octanol–water partition coefficient (Wildman–Crippen LogP) is 2.41. The van der Waals surface area contributed by atoms with Crippen molar-refractivity contribution in [1.29, 1.82) is 0 Å². The monoisotopic (exact) mass is 240 g/mol. The molecule has 1 rings (SSSR count). The molecule has 100 valence electrons. The van der Waals surface area contributed by atoms with Crippen LogP contribution in [0.25, 0.3) is 0 Å². The van der Waals surface area contributed by atoms with Crippen LogP contribution in [0.4, 0.5) is 0 Å². The number of carbonyl (C=O) groups is 1. The van der Waals surface area contributed by atoms with Gasteiger partial charge in [0.1, 0.15) is 0 Å². The Morgan fingerprint density at radius 1 is 1.35 bits per heavy atom. The Labute approximate surface area is 106 Å². The molecule has 2 atom stereocenters. The fourth-order valence-electron chi connectivity index (χ4n) is 2.79. The van der Waals surface area contributed by atoms with Crippen LogP contribution in [0.5, 0.6) is 0 Å². The molecule has 2 unspecified atom stereocenters. The van der Waals surface area contributed by atoms with Crippen molar-refractivity contribution in [1.82, 2.24) is 10.2 Å². The molecule has 1 heterocycles. The molecule has 0 aromatic heterocycles. The predicted molar refractivity (Wildman–Crippen MR) is 72.0 cm³/mol. The topological polar surface area (TPSA) is 32.3 Å². The van der Waals surface area contributed by atoms with Crippen LogP contribution in [-0.4, -0.2) is 36.5 Å². The summed E-state index contributed by atoms with van der Waals surface area (Å²) in [6.45, 7) is 9.42. The second-order valence-electron chi connectivity index (χ2n) is 5.20. The summed E-state index contributed by atoms with van der Waals surface area (Å²) < 4.78 is 0. The van der Waals surface area contributed by atoms with Gasteiger partial charge in [-0.2, -0.15) is 0 Å². The zero-order chi connectivity index (χ0) is 12.7. The average Bonchev–Trinajstić information content (AvgIpc) is 2.60. The van der Waals surface area contributed by atoms with Gasteiger partial charge in [-0.05, 0) is 25.3 Å². The molecule has 0 bridgehead atoms. The van der Waals surface area contributed by atoms with E-state index in [0.717, 1.165) is 32.5 Å². The number of likely N-dealkylation sites (N-methyl/N-ethyl adjacent to an activating group) is 1.